The van der Waals surface area contributed by atoms with Gasteiger partial charge in [0, 0.05) is 25.1 Å². The Morgan fingerprint density at radius 2 is 1.83 bits per heavy atom. The Morgan fingerprint density at radius 1 is 1.04 bits per heavy atom. The minimum Gasteiger partial charge on any atom is -0.508 e. The van der Waals surface area contributed by atoms with Gasteiger partial charge in [0.05, 0.1) is 0 Å². The lowest BCUT2D eigenvalue weighted by Crippen LogP contribution is -2.28. The number of pyridine rings is 1. The number of aryl methyl sites for hydroxylation is 2. The molecule has 3 N–H and O–H groups in total. The molecule has 0 spiro atoms. The molecular weight excluding hydrogens is 306 g/mol. The number of phenols is 1. The Labute approximate surface area is 140 Å². The van der Waals surface area contributed by atoms with Crippen molar-refractivity contribution in [2.45, 2.75) is 26.2 Å². The normalized spacial score (nSPS) is 10.2. The first-order valence-electron chi connectivity index (χ1n) is 7.81. The standard InChI is InChI=1S/C18H21N3O3/c1-13-5-4-8-16(20-13)21-18(24)11-12-19-17(23)10-9-14-6-2-3-7-15(14)22/h2-8,22H,9-12H2,1H3,(H,19,23)(H,20,21,24). The molecule has 0 atom stereocenters. The minimum absolute atomic E-state index is 0.153. The zero-order valence-electron chi connectivity index (χ0n) is 13.6. The SMILES string of the molecule is Cc1cccc(NC(=O)CCNC(=O)CCc2ccccc2O)n1. The Hall–Kier alpha value is -2.89. The fraction of sp³-hybridized carbons (Fsp3) is 0.278. The van der Waals surface area contributed by atoms with Crippen molar-refractivity contribution in [3.8, 4) is 5.75 Å². The van der Waals surface area contributed by atoms with Gasteiger partial charge < -0.3 is 15.7 Å². The summed E-state index contributed by atoms with van der Waals surface area (Å²) >= 11 is 0. The quantitative estimate of drug-likeness (QED) is 0.727. The lowest BCUT2D eigenvalue weighted by Gasteiger charge is -2.07. The average molecular weight is 327 g/mol. The van der Waals surface area contributed by atoms with Crippen LogP contribution in [0.3, 0.4) is 0 Å². The van der Waals surface area contributed by atoms with Gasteiger partial charge in [-0.1, -0.05) is 24.3 Å². The maximum Gasteiger partial charge on any atom is 0.227 e. The predicted molar refractivity (Wildman–Crippen MR) is 91.7 cm³/mol. The van der Waals surface area contributed by atoms with Crippen LogP contribution < -0.4 is 10.6 Å². The highest BCUT2D eigenvalue weighted by atomic mass is 16.3. The molecule has 0 unspecified atom stereocenters. The number of benzene rings is 1. The second-order valence-electron chi connectivity index (χ2n) is 5.44. The first-order chi connectivity index (χ1) is 11.5. The second kappa shape index (κ2) is 8.67. The van der Waals surface area contributed by atoms with Crippen LogP contribution in [0.15, 0.2) is 42.5 Å². The summed E-state index contributed by atoms with van der Waals surface area (Å²) < 4.78 is 0. The Kier molecular flexibility index (Phi) is 6.31. The van der Waals surface area contributed by atoms with E-state index in [1.165, 1.54) is 0 Å². The van der Waals surface area contributed by atoms with Crippen molar-refractivity contribution >= 4 is 17.6 Å². The smallest absolute Gasteiger partial charge is 0.227 e. The van der Waals surface area contributed by atoms with Gasteiger partial charge in [-0.05, 0) is 37.1 Å². The number of nitrogens with one attached hydrogen (secondary N) is 2. The van der Waals surface area contributed by atoms with Gasteiger partial charge >= 0.3 is 0 Å². The number of para-hydroxylation sites is 1. The van der Waals surface area contributed by atoms with Crippen molar-refractivity contribution in [1.82, 2.24) is 10.3 Å². The Bertz CT molecular complexity index is 716. The highest BCUT2D eigenvalue weighted by Gasteiger charge is 2.07. The van der Waals surface area contributed by atoms with Crippen molar-refractivity contribution in [2.24, 2.45) is 0 Å². The number of aromatic hydroxyl groups is 1. The number of carbonyl (C=O) groups is 2. The molecule has 24 heavy (non-hydrogen) atoms. The molecule has 1 aromatic heterocycles. The summed E-state index contributed by atoms with van der Waals surface area (Å²) in [7, 11) is 0. The molecule has 0 radical (unpaired) electrons. The molecule has 0 bridgehead atoms. The third-order valence-electron chi connectivity index (χ3n) is 3.44. The average Bonchev–Trinajstić information content (AvgIpc) is 2.54. The fourth-order valence-corrected chi connectivity index (χ4v) is 2.19. The molecule has 0 fully saturated rings. The third kappa shape index (κ3) is 5.72. The predicted octanol–water partition coefficient (Wildman–Crippen LogP) is 2.17. The van der Waals surface area contributed by atoms with Gasteiger partial charge in [-0.15, -0.1) is 0 Å². The molecule has 1 aromatic carbocycles. The van der Waals surface area contributed by atoms with E-state index in [0.717, 1.165) is 11.3 Å². The van der Waals surface area contributed by atoms with Crippen LogP contribution in [-0.2, 0) is 16.0 Å². The van der Waals surface area contributed by atoms with E-state index in [9.17, 15) is 14.7 Å². The van der Waals surface area contributed by atoms with E-state index >= 15 is 0 Å². The monoisotopic (exact) mass is 327 g/mol. The van der Waals surface area contributed by atoms with E-state index in [-0.39, 0.29) is 37.0 Å². The first kappa shape index (κ1) is 17.5. The third-order valence-corrected chi connectivity index (χ3v) is 3.44. The van der Waals surface area contributed by atoms with Gasteiger partial charge in [0.25, 0.3) is 0 Å². The first-order valence-corrected chi connectivity index (χ1v) is 7.81. The molecule has 6 heteroatoms. The molecule has 6 nitrogen and oxygen atoms in total. The van der Waals surface area contributed by atoms with Gasteiger partial charge in [0.15, 0.2) is 0 Å². The summed E-state index contributed by atoms with van der Waals surface area (Å²) in [4.78, 5) is 27.8. The summed E-state index contributed by atoms with van der Waals surface area (Å²) in [5.41, 5.74) is 1.56. The summed E-state index contributed by atoms with van der Waals surface area (Å²) in [6, 6.07) is 12.3. The van der Waals surface area contributed by atoms with Crippen molar-refractivity contribution < 1.29 is 14.7 Å². The number of hydrogen-bond acceptors (Lipinski definition) is 4. The van der Waals surface area contributed by atoms with E-state index in [2.05, 4.69) is 15.6 Å². The number of carbonyl (C=O) groups excluding carboxylic acids is 2. The van der Waals surface area contributed by atoms with Crippen LogP contribution in [0, 0.1) is 6.92 Å². The fourth-order valence-electron chi connectivity index (χ4n) is 2.19. The van der Waals surface area contributed by atoms with Crippen LogP contribution in [0.25, 0.3) is 0 Å². The van der Waals surface area contributed by atoms with Crippen molar-refractivity contribution in [3.63, 3.8) is 0 Å². The molecular formula is C18H21N3O3. The number of amides is 2. The number of aromatic nitrogens is 1. The molecule has 2 aromatic rings. The van der Waals surface area contributed by atoms with E-state index in [4.69, 9.17) is 0 Å². The minimum atomic E-state index is -0.200. The largest absolute Gasteiger partial charge is 0.508 e. The van der Waals surface area contributed by atoms with E-state index in [1.54, 1.807) is 24.3 Å². The summed E-state index contributed by atoms with van der Waals surface area (Å²) in [5.74, 6) is 0.343. The molecule has 126 valence electrons. The van der Waals surface area contributed by atoms with Crippen LogP contribution in [-0.4, -0.2) is 28.4 Å². The van der Waals surface area contributed by atoms with Gasteiger partial charge in [0.2, 0.25) is 11.8 Å². The molecule has 0 aliphatic heterocycles. The van der Waals surface area contributed by atoms with Crippen molar-refractivity contribution in [2.75, 3.05) is 11.9 Å². The molecule has 1 heterocycles. The topological polar surface area (TPSA) is 91.3 Å². The van der Waals surface area contributed by atoms with Crippen LogP contribution >= 0.6 is 0 Å². The van der Waals surface area contributed by atoms with E-state index in [0.29, 0.717) is 12.2 Å². The lowest BCUT2D eigenvalue weighted by atomic mass is 10.1. The molecule has 0 saturated heterocycles. The number of anilines is 1. The van der Waals surface area contributed by atoms with Crippen molar-refractivity contribution in [1.29, 1.82) is 0 Å². The highest BCUT2D eigenvalue weighted by Crippen LogP contribution is 2.16. The summed E-state index contributed by atoms with van der Waals surface area (Å²) in [5, 5.41) is 15.0. The molecule has 2 rings (SSSR count). The van der Waals surface area contributed by atoms with E-state index < -0.39 is 0 Å². The molecule has 0 aliphatic carbocycles. The van der Waals surface area contributed by atoms with Gasteiger partial charge in [-0.25, -0.2) is 4.98 Å². The van der Waals surface area contributed by atoms with Crippen molar-refractivity contribution in [3.05, 3.63) is 53.7 Å². The maximum atomic E-state index is 11.8. The van der Waals surface area contributed by atoms with E-state index in [1.807, 2.05) is 25.1 Å². The molecule has 0 saturated carbocycles. The number of nitrogens with zero attached hydrogens (tertiary/aromatic N) is 1. The Morgan fingerprint density at radius 3 is 2.58 bits per heavy atom. The van der Waals surface area contributed by atoms with Gasteiger partial charge in [-0.3, -0.25) is 9.59 Å². The highest BCUT2D eigenvalue weighted by molar-refractivity contribution is 5.90. The summed E-state index contributed by atoms with van der Waals surface area (Å²) in [6.45, 7) is 2.11. The summed E-state index contributed by atoms with van der Waals surface area (Å²) in [6.07, 6.45) is 0.897. The number of phenolic OH excluding ortho intramolecular Hbond substituents is 1. The maximum absolute atomic E-state index is 11.8. The lowest BCUT2D eigenvalue weighted by molar-refractivity contribution is -0.121. The van der Waals surface area contributed by atoms with Gasteiger partial charge in [-0.2, -0.15) is 0 Å². The Balaban J connectivity index is 1.67. The number of rotatable bonds is 7. The van der Waals surface area contributed by atoms with Crippen LogP contribution in [0.1, 0.15) is 24.1 Å². The van der Waals surface area contributed by atoms with Crippen LogP contribution in [0.2, 0.25) is 0 Å². The molecule has 0 aliphatic rings. The van der Waals surface area contributed by atoms with Crippen LogP contribution in [0.5, 0.6) is 5.75 Å². The zero-order chi connectivity index (χ0) is 17.4. The van der Waals surface area contributed by atoms with Gasteiger partial charge in [0.1, 0.15) is 11.6 Å². The molecule has 2 amide bonds. The zero-order valence-corrected chi connectivity index (χ0v) is 13.6. The number of hydrogen-bond donors (Lipinski definition) is 3. The van der Waals surface area contributed by atoms with Crippen LogP contribution in [0.4, 0.5) is 5.82 Å². The second-order valence-corrected chi connectivity index (χ2v) is 5.44.